The lowest BCUT2D eigenvalue weighted by molar-refractivity contribution is 0.0693. The van der Waals surface area contributed by atoms with Crippen molar-refractivity contribution in [1.29, 1.82) is 0 Å². The van der Waals surface area contributed by atoms with Crippen LogP contribution < -0.4 is 0 Å². The van der Waals surface area contributed by atoms with Gasteiger partial charge in [0.05, 0.1) is 6.54 Å². The summed E-state index contributed by atoms with van der Waals surface area (Å²) in [6.07, 6.45) is 2.57. The molecule has 0 aliphatic heterocycles. The molecule has 1 saturated carbocycles. The Morgan fingerprint density at radius 1 is 1.38 bits per heavy atom. The van der Waals surface area contributed by atoms with Crippen molar-refractivity contribution >= 4 is 16.9 Å². The number of benzene rings is 1. The lowest BCUT2D eigenvalue weighted by Crippen LogP contribution is -2.32. The SMILES string of the molecule is CC(C)N(Cc1oc2ccccc2c1C(=O)O)CC1CC1. The Bertz CT molecular complexity index is 655. The van der Waals surface area contributed by atoms with Gasteiger partial charge in [0.25, 0.3) is 0 Å². The molecule has 21 heavy (non-hydrogen) atoms. The predicted molar refractivity (Wildman–Crippen MR) is 81.4 cm³/mol. The van der Waals surface area contributed by atoms with Crippen molar-refractivity contribution in [2.24, 2.45) is 5.92 Å². The van der Waals surface area contributed by atoms with E-state index in [9.17, 15) is 9.90 Å². The highest BCUT2D eigenvalue weighted by atomic mass is 16.4. The average molecular weight is 287 g/mol. The second-order valence-corrected chi connectivity index (χ2v) is 6.17. The van der Waals surface area contributed by atoms with E-state index < -0.39 is 5.97 Å². The second-order valence-electron chi connectivity index (χ2n) is 6.17. The molecule has 1 fully saturated rings. The van der Waals surface area contributed by atoms with Gasteiger partial charge in [-0.25, -0.2) is 4.79 Å². The number of rotatable bonds is 6. The number of furan rings is 1. The molecular weight excluding hydrogens is 266 g/mol. The fourth-order valence-corrected chi connectivity index (χ4v) is 2.72. The third kappa shape index (κ3) is 2.95. The number of hydrogen-bond donors (Lipinski definition) is 1. The van der Waals surface area contributed by atoms with Gasteiger partial charge in [0.15, 0.2) is 0 Å². The van der Waals surface area contributed by atoms with Crippen LogP contribution in [0.1, 0.15) is 42.8 Å². The van der Waals surface area contributed by atoms with Gasteiger partial charge in [-0.05, 0) is 38.7 Å². The van der Waals surface area contributed by atoms with E-state index in [1.807, 2.05) is 24.3 Å². The molecule has 1 aliphatic rings. The van der Waals surface area contributed by atoms with Crippen molar-refractivity contribution < 1.29 is 14.3 Å². The molecule has 4 nitrogen and oxygen atoms in total. The number of para-hydroxylation sites is 1. The summed E-state index contributed by atoms with van der Waals surface area (Å²) in [5.74, 6) is 0.424. The minimum Gasteiger partial charge on any atom is -0.478 e. The number of carbonyl (C=O) groups is 1. The molecule has 2 aromatic rings. The van der Waals surface area contributed by atoms with Crippen molar-refractivity contribution in [3.63, 3.8) is 0 Å². The van der Waals surface area contributed by atoms with Crippen molar-refractivity contribution in [3.8, 4) is 0 Å². The minimum atomic E-state index is -0.912. The Balaban J connectivity index is 1.94. The number of carboxylic acids is 1. The Hall–Kier alpha value is -1.81. The first-order chi connectivity index (χ1) is 10.1. The first kappa shape index (κ1) is 14.1. The summed E-state index contributed by atoms with van der Waals surface area (Å²) in [6, 6.07) is 7.73. The minimum absolute atomic E-state index is 0.312. The van der Waals surface area contributed by atoms with Gasteiger partial charge in [-0.3, -0.25) is 4.90 Å². The maximum Gasteiger partial charge on any atom is 0.339 e. The molecule has 3 rings (SSSR count). The molecule has 0 amide bonds. The molecule has 0 bridgehead atoms. The Kier molecular flexibility index (Phi) is 3.72. The van der Waals surface area contributed by atoms with E-state index in [2.05, 4.69) is 18.7 Å². The molecule has 1 N–H and O–H groups in total. The fourth-order valence-electron chi connectivity index (χ4n) is 2.72. The third-order valence-electron chi connectivity index (χ3n) is 4.15. The van der Waals surface area contributed by atoms with Gasteiger partial charge in [-0.1, -0.05) is 18.2 Å². The largest absolute Gasteiger partial charge is 0.478 e. The van der Waals surface area contributed by atoms with Crippen LogP contribution in [0.3, 0.4) is 0 Å². The van der Waals surface area contributed by atoms with Crippen LogP contribution in [0.2, 0.25) is 0 Å². The highest BCUT2D eigenvalue weighted by molar-refractivity contribution is 6.03. The summed E-state index contributed by atoms with van der Waals surface area (Å²) in [6.45, 7) is 5.87. The quantitative estimate of drug-likeness (QED) is 0.879. The smallest absolute Gasteiger partial charge is 0.339 e. The third-order valence-corrected chi connectivity index (χ3v) is 4.15. The maximum atomic E-state index is 11.6. The van der Waals surface area contributed by atoms with Crippen molar-refractivity contribution in [2.45, 2.75) is 39.3 Å². The van der Waals surface area contributed by atoms with Gasteiger partial charge in [0, 0.05) is 18.0 Å². The number of nitrogens with zero attached hydrogens (tertiary/aromatic N) is 1. The van der Waals surface area contributed by atoms with Crippen LogP contribution in [0.25, 0.3) is 11.0 Å². The Morgan fingerprint density at radius 2 is 2.10 bits per heavy atom. The molecule has 1 aromatic carbocycles. The summed E-state index contributed by atoms with van der Waals surface area (Å²) in [5.41, 5.74) is 0.965. The molecule has 1 heterocycles. The molecule has 0 spiro atoms. The van der Waals surface area contributed by atoms with Gasteiger partial charge in [0.2, 0.25) is 0 Å². The standard InChI is InChI=1S/C17H21NO3/c1-11(2)18(9-12-7-8-12)10-15-16(17(19)20)13-5-3-4-6-14(13)21-15/h3-6,11-12H,7-10H2,1-2H3,(H,19,20). The van der Waals surface area contributed by atoms with E-state index in [1.54, 1.807) is 0 Å². The lowest BCUT2D eigenvalue weighted by Gasteiger charge is -2.25. The summed E-state index contributed by atoms with van der Waals surface area (Å²) in [4.78, 5) is 13.9. The number of aromatic carboxylic acids is 1. The van der Waals surface area contributed by atoms with Crippen LogP contribution in [0.4, 0.5) is 0 Å². The van der Waals surface area contributed by atoms with Crippen LogP contribution in [0.15, 0.2) is 28.7 Å². The molecular formula is C17H21NO3. The number of hydrogen-bond acceptors (Lipinski definition) is 3. The van der Waals surface area contributed by atoms with Gasteiger partial charge in [0.1, 0.15) is 16.9 Å². The molecule has 1 aromatic heterocycles. The van der Waals surface area contributed by atoms with E-state index in [1.165, 1.54) is 12.8 Å². The first-order valence-electron chi connectivity index (χ1n) is 7.54. The van der Waals surface area contributed by atoms with E-state index in [0.717, 1.165) is 12.5 Å². The zero-order chi connectivity index (χ0) is 15.0. The summed E-state index contributed by atoms with van der Waals surface area (Å²) in [5, 5.41) is 10.2. The normalized spacial score (nSPS) is 15.2. The topological polar surface area (TPSA) is 53.7 Å². The van der Waals surface area contributed by atoms with E-state index in [4.69, 9.17) is 4.42 Å². The number of fused-ring (bicyclic) bond motifs is 1. The highest BCUT2D eigenvalue weighted by Gasteiger charge is 2.28. The lowest BCUT2D eigenvalue weighted by atomic mass is 10.1. The second kappa shape index (κ2) is 5.53. The highest BCUT2D eigenvalue weighted by Crippen LogP contribution is 2.32. The Labute approximate surface area is 124 Å². The molecule has 0 atom stereocenters. The zero-order valence-electron chi connectivity index (χ0n) is 12.5. The monoisotopic (exact) mass is 287 g/mol. The molecule has 0 radical (unpaired) electrons. The molecule has 112 valence electrons. The molecule has 0 unspecified atom stereocenters. The first-order valence-corrected chi connectivity index (χ1v) is 7.54. The summed E-state index contributed by atoms with van der Waals surface area (Å²) in [7, 11) is 0. The van der Waals surface area contributed by atoms with Gasteiger partial charge >= 0.3 is 5.97 Å². The van der Waals surface area contributed by atoms with Crippen LogP contribution in [0, 0.1) is 5.92 Å². The van der Waals surface area contributed by atoms with Crippen LogP contribution in [-0.2, 0) is 6.54 Å². The van der Waals surface area contributed by atoms with Crippen LogP contribution >= 0.6 is 0 Å². The summed E-state index contributed by atoms with van der Waals surface area (Å²) < 4.78 is 5.82. The van der Waals surface area contributed by atoms with Crippen molar-refractivity contribution in [3.05, 3.63) is 35.6 Å². The number of carboxylic acid groups (broad SMARTS) is 1. The van der Waals surface area contributed by atoms with Crippen LogP contribution in [0.5, 0.6) is 0 Å². The molecule has 1 aliphatic carbocycles. The van der Waals surface area contributed by atoms with E-state index in [-0.39, 0.29) is 0 Å². The van der Waals surface area contributed by atoms with E-state index in [0.29, 0.717) is 34.9 Å². The fraction of sp³-hybridized carbons (Fsp3) is 0.471. The van der Waals surface area contributed by atoms with Gasteiger partial charge in [-0.15, -0.1) is 0 Å². The molecule has 4 heteroatoms. The van der Waals surface area contributed by atoms with Crippen molar-refractivity contribution in [2.75, 3.05) is 6.54 Å². The zero-order valence-corrected chi connectivity index (χ0v) is 12.5. The van der Waals surface area contributed by atoms with Gasteiger partial charge in [-0.2, -0.15) is 0 Å². The van der Waals surface area contributed by atoms with Crippen molar-refractivity contribution in [1.82, 2.24) is 4.90 Å². The van der Waals surface area contributed by atoms with E-state index >= 15 is 0 Å². The maximum absolute atomic E-state index is 11.6. The average Bonchev–Trinajstić information content (AvgIpc) is 3.16. The molecule has 0 saturated heterocycles. The van der Waals surface area contributed by atoms with Crippen LogP contribution in [-0.4, -0.2) is 28.6 Å². The predicted octanol–water partition coefficient (Wildman–Crippen LogP) is 3.75. The Morgan fingerprint density at radius 3 is 2.71 bits per heavy atom. The summed E-state index contributed by atoms with van der Waals surface area (Å²) >= 11 is 0. The van der Waals surface area contributed by atoms with Gasteiger partial charge < -0.3 is 9.52 Å².